The molecule has 0 spiro atoms. The van der Waals surface area contributed by atoms with Crippen LogP contribution in [0, 0.1) is 0 Å². The van der Waals surface area contributed by atoms with Crippen molar-refractivity contribution >= 4 is 12.4 Å². The van der Waals surface area contributed by atoms with Gasteiger partial charge in [-0.3, -0.25) is 5.32 Å². The highest BCUT2D eigenvalue weighted by Crippen LogP contribution is 2.19. The van der Waals surface area contributed by atoms with Gasteiger partial charge in [-0.25, -0.2) is 0 Å². The predicted octanol–water partition coefficient (Wildman–Crippen LogP) is 1.59. The summed E-state index contributed by atoms with van der Waals surface area (Å²) in [6.45, 7) is 4.30. The second kappa shape index (κ2) is 5.20. The van der Waals surface area contributed by atoms with Crippen molar-refractivity contribution in [2.24, 2.45) is 0 Å². The molecule has 0 bridgehead atoms. The molecule has 0 fully saturated rings. The SMILES string of the molecule is CCNC(C)(O)c1ccc(O)cc1.Cl. The number of aliphatic hydroxyl groups is 1. The van der Waals surface area contributed by atoms with Crippen LogP contribution < -0.4 is 5.32 Å². The standard InChI is InChI=1S/C10H15NO2.ClH/c1-3-11-10(2,13)8-4-6-9(12)7-5-8;/h4-7,11-13H,3H2,1-2H3;1H. The van der Waals surface area contributed by atoms with E-state index in [2.05, 4.69) is 5.32 Å². The zero-order chi connectivity index (χ0) is 9.90. The van der Waals surface area contributed by atoms with Gasteiger partial charge < -0.3 is 10.2 Å². The molecule has 0 radical (unpaired) electrons. The van der Waals surface area contributed by atoms with Crippen molar-refractivity contribution in [1.82, 2.24) is 5.32 Å². The fourth-order valence-electron chi connectivity index (χ4n) is 1.23. The lowest BCUT2D eigenvalue weighted by molar-refractivity contribution is 0.0219. The van der Waals surface area contributed by atoms with Crippen LogP contribution in [0.4, 0.5) is 0 Å². The molecule has 3 nitrogen and oxygen atoms in total. The molecule has 0 aliphatic carbocycles. The van der Waals surface area contributed by atoms with Gasteiger partial charge in [0.25, 0.3) is 0 Å². The van der Waals surface area contributed by atoms with Crippen molar-refractivity contribution in [2.45, 2.75) is 19.6 Å². The van der Waals surface area contributed by atoms with E-state index in [9.17, 15) is 5.11 Å². The summed E-state index contributed by atoms with van der Waals surface area (Å²) in [4.78, 5) is 0. The molecule has 0 aromatic heterocycles. The van der Waals surface area contributed by atoms with Gasteiger partial charge in [0.15, 0.2) is 0 Å². The molecule has 1 aromatic carbocycles. The first-order valence-corrected chi connectivity index (χ1v) is 4.33. The Morgan fingerprint density at radius 3 is 2.21 bits per heavy atom. The Balaban J connectivity index is 0.00000169. The Morgan fingerprint density at radius 2 is 1.79 bits per heavy atom. The lowest BCUT2D eigenvalue weighted by Gasteiger charge is -2.24. The Kier molecular flexibility index (Phi) is 4.91. The highest BCUT2D eigenvalue weighted by molar-refractivity contribution is 5.85. The molecule has 0 aliphatic rings. The van der Waals surface area contributed by atoms with Crippen LogP contribution in [0.5, 0.6) is 5.75 Å². The minimum atomic E-state index is -1.03. The lowest BCUT2D eigenvalue weighted by Crippen LogP contribution is -2.38. The first-order valence-electron chi connectivity index (χ1n) is 4.33. The van der Waals surface area contributed by atoms with Crippen molar-refractivity contribution in [3.05, 3.63) is 29.8 Å². The molecule has 0 heterocycles. The third kappa shape index (κ3) is 3.18. The maximum Gasteiger partial charge on any atom is 0.139 e. The van der Waals surface area contributed by atoms with E-state index in [1.54, 1.807) is 31.2 Å². The Bertz CT molecular complexity index is 272. The predicted molar refractivity (Wildman–Crippen MR) is 58.6 cm³/mol. The molecule has 0 amide bonds. The molecule has 80 valence electrons. The van der Waals surface area contributed by atoms with Crippen molar-refractivity contribution in [3.63, 3.8) is 0 Å². The Labute approximate surface area is 90.2 Å². The van der Waals surface area contributed by atoms with Gasteiger partial charge in [0.1, 0.15) is 11.5 Å². The van der Waals surface area contributed by atoms with Crippen molar-refractivity contribution in [3.8, 4) is 5.75 Å². The van der Waals surface area contributed by atoms with E-state index in [0.29, 0.717) is 6.54 Å². The smallest absolute Gasteiger partial charge is 0.139 e. The molecule has 14 heavy (non-hydrogen) atoms. The lowest BCUT2D eigenvalue weighted by atomic mass is 10.0. The molecule has 1 unspecified atom stereocenters. The van der Waals surface area contributed by atoms with Crippen LogP contribution in [0.25, 0.3) is 0 Å². The van der Waals surface area contributed by atoms with Gasteiger partial charge in [0.2, 0.25) is 0 Å². The number of benzene rings is 1. The molecule has 0 saturated carbocycles. The van der Waals surface area contributed by atoms with E-state index in [-0.39, 0.29) is 18.2 Å². The van der Waals surface area contributed by atoms with Gasteiger partial charge in [-0.1, -0.05) is 19.1 Å². The zero-order valence-electron chi connectivity index (χ0n) is 8.32. The van der Waals surface area contributed by atoms with Crippen molar-refractivity contribution in [1.29, 1.82) is 0 Å². The number of halogens is 1. The van der Waals surface area contributed by atoms with Crippen LogP contribution in [-0.2, 0) is 5.72 Å². The van der Waals surface area contributed by atoms with E-state index in [1.807, 2.05) is 6.92 Å². The minimum absolute atomic E-state index is 0. The largest absolute Gasteiger partial charge is 0.508 e. The molecule has 1 aromatic rings. The van der Waals surface area contributed by atoms with Gasteiger partial charge in [-0.2, -0.15) is 0 Å². The summed E-state index contributed by atoms with van der Waals surface area (Å²) in [6, 6.07) is 6.50. The fraction of sp³-hybridized carbons (Fsp3) is 0.400. The molecule has 1 atom stereocenters. The third-order valence-electron chi connectivity index (χ3n) is 1.95. The molecular weight excluding hydrogens is 202 g/mol. The molecule has 1 rings (SSSR count). The summed E-state index contributed by atoms with van der Waals surface area (Å²) in [5.74, 6) is 0.205. The summed E-state index contributed by atoms with van der Waals surface area (Å²) < 4.78 is 0. The molecule has 0 saturated heterocycles. The molecule has 0 aliphatic heterocycles. The highest BCUT2D eigenvalue weighted by atomic mass is 35.5. The normalized spacial score (nSPS) is 14.2. The van der Waals surface area contributed by atoms with Gasteiger partial charge in [0.05, 0.1) is 0 Å². The number of aromatic hydroxyl groups is 1. The van der Waals surface area contributed by atoms with Crippen LogP contribution >= 0.6 is 12.4 Å². The van der Waals surface area contributed by atoms with E-state index < -0.39 is 5.72 Å². The second-order valence-electron chi connectivity index (χ2n) is 3.15. The monoisotopic (exact) mass is 217 g/mol. The Morgan fingerprint density at radius 1 is 1.29 bits per heavy atom. The number of hydrogen-bond donors (Lipinski definition) is 3. The van der Waals surface area contributed by atoms with Gasteiger partial charge in [-0.15, -0.1) is 12.4 Å². The van der Waals surface area contributed by atoms with Crippen molar-refractivity contribution in [2.75, 3.05) is 6.54 Å². The molecular formula is C10H16ClNO2. The minimum Gasteiger partial charge on any atom is -0.508 e. The number of hydrogen-bond acceptors (Lipinski definition) is 3. The van der Waals surface area contributed by atoms with Crippen LogP contribution in [0.3, 0.4) is 0 Å². The topological polar surface area (TPSA) is 52.5 Å². The summed E-state index contributed by atoms with van der Waals surface area (Å²) >= 11 is 0. The van der Waals surface area contributed by atoms with Crippen molar-refractivity contribution < 1.29 is 10.2 Å². The first kappa shape index (κ1) is 13.2. The van der Waals surface area contributed by atoms with Gasteiger partial charge in [-0.05, 0) is 31.2 Å². The van der Waals surface area contributed by atoms with Gasteiger partial charge in [0, 0.05) is 0 Å². The maximum absolute atomic E-state index is 9.88. The van der Waals surface area contributed by atoms with Crippen LogP contribution in [0.1, 0.15) is 19.4 Å². The molecule has 4 heteroatoms. The average Bonchev–Trinajstić information content (AvgIpc) is 2.05. The van der Waals surface area contributed by atoms with E-state index in [4.69, 9.17) is 5.11 Å². The van der Waals surface area contributed by atoms with E-state index in [1.165, 1.54) is 0 Å². The number of nitrogens with one attached hydrogen (secondary N) is 1. The molecule has 3 N–H and O–H groups in total. The van der Waals surface area contributed by atoms with E-state index in [0.717, 1.165) is 5.56 Å². The summed E-state index contributed by atoms with van der Waals surface area (Å²) in [5, 5.41) is 21.9. The summed E-state index contributed by atoms with van der Waals surface area (Å²) in [7, 11) is 0. The highest BCUT2D eigenvalue weighted by Gasteiger charge is 2.20. The number of phenols is 1. The zero-order valence-corrected chi connectivity index (χ0v) is 9.14. The maximum atomic E-state index is 9.88. The quantitative estimate of drug-likeness (QED) is 0.674. The first-order chi connectivity index (χ1) is 6.06. The van der Waals surface area contributed by atoms with E-state index >= 15 is 0 Å². The fourth-order valence-corrected chi connectivity index (χ4v) is 1.23. The van der Waals surface area contributed by atoms with Gasteiger partial charge >= 0.3 is 0 Å². The number of rotatable bonds is 3. The summed E-state index contributed by atoms with van der Waals surface area (Å²) in [5.41, 5.74) is -0.283. The Hall–Kier alpha value is -0.770. The number of phenolic OH excluding ortho intramolecular Hbond substituents is 1. The van der Waals surface area contributed by atoms with Crippen LogP contribution in [-0.4, -0.2) is 16.8 Å². The third-order valence-corrected chi connectivity index (χ3v) is 1.95. The average molecular weight is 218 g/mol. The van der Waals surface area contributed by atoms with Crippen LogP contribution in [0.2, 0.25) is 0 Å². The summed E-state index contributed by atoms with van der Waals surface area (Å²) in [6.07, 6.45) is 0. The van der Waals surface area contributed by atoms with Crippen LogP contribution in [0.15, 0.2) is 24.3 Å². The second-order valence-corrected chi connectivity index (χ2v) is 3.15.